The molecule has 0 fully saturated rings. The summed E-state index contributed by atoms with van der Waals surface area (Å²) in [6.07, 6.45) is 6.29. The van der Waals surface area contributed by atoms with Gasteiger partial charge in [-0.3, -0.25) is 10.1 Å². The number of nitrogens with zero attached hydrogens (tertiary/aromatic N) is 1. The van der Waals surface area contributed by atoms with E-state index < -0.39 is 11.0 Å². The van der Waals surface area contributed by atoms with Gasteiger partial charge >= 0.3 is 0 Å². The van der Waals surface area contributed by atoms with Crippen molar-refractivity contribution in [2.75, 3.05) is 0 Å². The highest BCUT2D eigenvalue weighted by Gasteiger charge is 2.18. The zero-order chi connectivity index (χ0) is 13.8. The smallest absolute Gasteiger partial charge is 0.270 e. The van der Waals surface area contributed by atoms with E-state index in [1.54, 1.807) is 13.0 Å². The monoisotopic (exact) mass is 263 g/mol. The fourth-order valence-electron chi connectivity index (χ4n) is 2.13. The molecule has 0 bridgehead atoms. The quantitative estimate of drug-likeness (QED) is 0.514. The summed E-state index contributed by atoms with van der Waals surface area (Å²) in [4.78, 5) is 10.3. The van der Waals surface area contributed by atoms with Gasteiger partial charge in [0.1, 0.15) is 11.9 Å². The van der Waals surface area contributed by atoms with Crippen LogP contribution in [0.2, 0.25) is 0 Å². The minimum Gasteiger partial charge on any atom is -0.486 e. The first-order chi connectivity index (χ1) is 9.08. The first-order valence-electron chi connectivity index (χ1n) is 6.37. The summed E-state index contributed by atoms with van der Waals surface area (Å²) in [5.74, 6) is 0.511. The largest absolute Gasteiger partial charge is 0.486 e. The van der Waals surface area contributed by atoms with E-state index in [0.717, 1.165) is 19.3 Å². The number of non-ortho nitro benzene ring substituents is 1. The van der Waals surface area contributed by atoms with Gasteiger partial charge in [-0.05, 0) is 38.3 Å². The van der Waals surface area contributed by atoms with Crippen LogP contribution in [0, 0.1) is 10.1 Å². The molecule has 0 aliphatic heterocycles. The predicted octanol–water partition coefficient (Wildman–Crippen LogP) is 3.14. The number of hydrogen-bond donors (Lipinski definition) is 1. The third-order valence-electron chi connectivity index (χ3n) is 3.14. The molecule has 2 atom stereocenters. The second-order valence-corrected chi connectivity index (χ2v) is 4.67. The number of aliphatic hydroxyl groups excluding tert-OH is 1. The van der Waals surface area contributed by atoms with Crippen molar-refractivity contribution < 1.29 is 14.8 Å². The van der Waals surface area contributed by atoms with E-state index in [-0.39, 0.29) is 11.8 Å². The minimum atomic E-state index is -0.803. The predicted molar refractivity (Wildman–Crippen MR) is 71.1 cm³/mol. The Kier molecular flexibility index (Phi) is 4.16. The maximum atomic E-state index is 10.7. The van der Waals surface area contributed by atoms with E-state index in [9.17, 15) is 15.2 Å². The van der Waals surface area contributed by atoms with Gasteiger partial charge in [-0.25, -0.2) is 0 Å². The fraction of sp³-hybridized carbons (Fsp3) is 0.429. The number of rotatable bonds is 4. The second-order valence-electron chi connectivity index (χ2n) is 4.67. The number of allylic oxidation sites excluding steroid dienone is 1. The van der Waals surface area contributed by atoms with Crippen LogP contribution < -0.4 is 4.74 Å². The first kappa shape index (κ1) is 13.5. The molecule has 2 rings (SSSR count). The average molecular weight is 263 g/mol. The van der Waals surface area contributed by atoms with Gasteiger partial charge in [0.2, 0.25) is 0 Å². The molecule has 0 spiro atoms. The Balaban J connectivity index is 2.25. The zero-order valence-corrected chi connectivity index (χ0v) is 10.8. The fourth-order valence-corrected chi connectivity index (χ4v) is 2.13. The summed E-state index contributed by atoms with van der Waals surface area (Å²) >= 11 is 0. The molecule has 0 saturated carbocycles. The van der Waals surface area contributed by atoms with E-state index in [1.165, 1.54) is 12.1 Å². The lowest BCUT2D eigenvalue weighted by molar-refractivity contribution is -0.385. The number of ether oxygens (including phenoxy) is 1. The Labute approximate surface area is 111 Å². The molecule has 5 heteroatoms. The van der Waals surface area contributed by atoms with Crippen LogP contribution in [0.1, 0.15) is 37.9 Å². The molecule has 19 heavy (non-hydrogen) atoms. The number of nitro groups is 1. The van der Waals surface area contributed by atoms with Crippen LogP contribution in [0.4, 0.5) is 5.69 Å². The van der Waals surface area contributed by atoms with E-state index in [4.69, 9.17) is 4.74 Å². The normalized spacial score (nSPS) is 20.0. The van der Waals surface area contributed by atoms with Gasteiger partial charge in [0.05, 0.1) is 11.0 Å². The zero-order valence-electron chi connectivity index (χ0n) is 10.8. The van der Waals surface area contributed by atoms with E-state index in [2.05, 4.69) is 6.08 Å². The average Bonchev–Trinajstić information content (AvgIpc) is 2.39. The highest BCUT2D eigenvalue weighted by molar-refractivity contribution is 5.45. The summed E-state index contributed by atoms with van der Waals surface area (Å²) in [5.41, 5.74) is 0.413. The highest BCUT2D eigenvalue weighted by atomic mass is 16.6. The van der Waals surface area contributed by atoms with Gasteiger partial charge in [-0.15, -0.1) is 0 Å². The summed E-state index contributed by atoms with van der Waals surface area (Å²) < 4.78 is 5.81. The van der Waals surface area contributed by atoms with Crippen molar-refractivity contribution in [1.82, 2.24) is 0 Å². The molecular formula is C14H17NO4. The molecular weight excluding hydrogens is 246 g/mol. The lowest BCUT2D eigenvalue weighted by Gasteiger charge is -2.21. The maximum absolute atomic E-state index is 10.7. The number of benzene rings is 1. The lowest BCUT2D eigenvalue weighted by atomic mass is 10.0. The van der Waals surface area contributed by atoms with Crippen LogP contribution in [0.15, 0.2) is 30.4 Å². The molecule has 5 nitrogen and oxygen atoms in total. The molecule has 1 aromatic rings. The van der Waals surface area contributed by atoms with Crippen molar-refractivity contribution in [1.29, 1.82) is 0 Å². The van der Waals surface area contributed by atoms with Crippen LogP contribution in [0.25, 0.3) is 0 Å². The maximum Gasteiger partial charge on any atom is 0.270 e. The van der Waals surface area contributed by atoms with Crippen molar-refractivity contribution in [3.8, 4) is 5.75 Å². The Morgan fingerprint density at radius 3 is 2.89 bits per heavy atom. The Hall–Kier alpha value is -1.88. The standard InChI is InChI=1S/C14H17NO4/c1-10(16)13-9-11(15(17)18)7-8-14(13)19-12-5-3-2-4-6-12/h3,5,7-10,12,16H,2,4,6H2,1H3/t10-,12?/m1/s1. The Bertz CT molecular complexity index is 496. The van der Waals surface area contributed by atoms with Crippen molar-refractivity contribution in [2.24, 2.45) is 0 Å². The van der Waals surface area contributed by atoms with Crippen LogP contribution in [-0.4, -0.2) is 16.1 Å². The minimum absolute atomic E-state index is 0.0206. The SMILES string of the molecule is C[C@@H](O)c1cc([N+](=O)[O-])ccc1OC1C=CCCC1. The third-order valence-corrected chi connectivity index (χ3v) is 3.14. The van der Waals surface area contributed by atoms with Crippen molar-refractivity contribution >= 4 is 5.69 Å². The van der Waals surface area contributed by atoms with Gasteiger partial charge in [0.15, 0.2) is 0 Å². The lowest BCUT2D eigenvalue weighted by Crippen LogP contribution is -2.17. The van der Waals surface area contributed by atoms with Gasteiger partial charge < -0.3 is 9.84 Å². The molecule has 0 heterocycles. The topological polar surface area (TPSA) is 72.6 Å². The summed E-state index contributed by atoms with van der Waals surface area (Å²) in [5, 5.41) is 20.5. The van der Waals surface area contributed by atoms with Gasteiger partial charge in [0, 0.05) is 17.7 Å². The second kappa shape index (κ2) is 5.84. The molecule has 0 radical (unpaired) electrons. The Morgan fingerprint density at radius 2 is 2.32 bits per heavy atom. The van der Waals surface area contributed by atoms with E-state index in [0.29, 0.717) is 11.3 Å². The number of nitro benzene ring substituents is 1. The molecule has 0 saturated heterocycles. The molecule has 0 amide bonds. The van der Waals surface area contributed by atoms with Gasteiger partial charge in [0.25, 0.3) is 5.69 Å². The van der Waals surface area contributed by atoms with Crippen LogP contribution >= 0.6 is 0 Å². The molecule has 1 aliphatic carbocycles. The van der Waals surface area contributed by atoms with Gasteiger partial charge in [-0.2, -0.15) is 0 Å². The molecule has 1 aliphatic rings. The summed E-state index contributed by atoms with van der Waals surface area (Å²) in [6, 6.07) is 4.32. The molecule has 1 aromatic carbocycles. The van der Waals surface area contributed by atoms with Crippen molar-refractivity contribution in [3.63, 3.8) is 0 Å². The number of aliphatic hydroxyl groups is 1. The van der Waals surface area contributed by atoms with Crippen LogP contribution in [-0.2, 0) is 0 Å². The highest BCUT2D eigenvalue weighted by Crippen LogP contribution is 2.31. The van der Waals surface area contributed by atoms with E-state index >= 15 is 0 Å². The summed E-state index contributed by atoms with van der Waals surface area (Å²) in [6.45, 7) is 1.57. The first-order valence-corrected chi connectivity index (χ1v) is 6.37. The molecule has 102 valence electrons. The van der Waals surface area contributed by atoms with Crippen molar-refractivity contribution in [3.05, 3.63) is 46.0 Å². The van der Waals surface area contributed by atoms with Gasteiger partial charge in [-0.1, -0.05) is 6.08 Å². The Morgan fingerprint density at radius 1 is 1.53 bits per heavy atom. The summed E-state index contributed by atoms with van der Waals surface area (Å²) in [7, 11) is 0. The number of hydrogen-bond acceptors (Lipinski definition) is 4. The van der Waals surface area contributed by atoms with Crippen molar-refractivity contribution in [2.45, 2.75) is 38.4 Å². The molecule has 1 unspecified atom stereocenters. The third kappa shape index (κ3) is 3.32. The van der Waals surface area contributed by atoms with Crippen LogP contribution in [0.3, 0.4) is 0 Å². The molecule has 0 aromatic heterocycles. The van der Waals surface area contributed by atoms with E-state index in [1.807, 2.05) is 6.08 Å². The molecule has 1 N–H and O–H groups in total. The van der Waals surface area contributed by atoms with Crippen LogP contribution in [0.5, 0.6) is 5.75 Å².